The molecule has 18 heavy (non-hydrogen) atoms. The highest BCUT2D eigenvalue weighted by molar-refractivity contribution is 6.30. The molecule has 1 aromatic carbocycles. The molecule has 0 saturated carbocycles. The minimum atomic E-state index is -0.482. The SMILES string of the molecule is CC(C)[C@H](O)CNC(=O)CCc1ccc(Cl)cc1. The first-order valence-electron chi connectivity index (χ1n) is 6.18. The summed E-state index contributed by atoms with van der Waals surface area (Å²) in [4.78, 5) is 11.6. The molecule has 0 fully saturated rings. The number of halogens is 1. The molecule has 1 rings (SSSR count). The highest BCUT2D eigenvalue weighted by Gasteiger charge is 2.10. The molecule has 100 valence electrons. The molecule has 1 amide bonds. The quantitative estimate of drug-likeness (QED) is 0.833. The van der Waals surface area contributed by atoms with Crippen LogP contribution in [0.15, 0.2) is 24.3 Å². The Hall–Kier alpha value is -1.06. The van der Waals surface area contributed by atoms with Gasteiger partial charge in [-0.3, -0.25) is 4.79 Å². The van der Waals surface area contributed by atoms with Gasteiger partial charge in [0.1, 0.15) is 0 Å². The Kier molecular flexibility index (Phi) is 6.16. The summed E-state index contributed by atoms with van der Waals surface area (Å²) in [6.07, 6.45) is 0.622. The Labute approximate surface area is 113 Å². The molecule has 1 aromatic rings. The Morgan fingerprint density at radius 2 is 1.94 bits per heavy atom. The van der Waals surface area contributed by atoms with Gasteiger partial charge in [0.25, 0.3) is 0 Å². The third-order valence-electron chi connectivity index (χ3n) is 2.83. The van der Waals surface area contributed by atoms with Crippen molar-refractivity contribution in [2.75, 3.05) is 6.54 Å². The highest BCUT2D eigenvalue weighted by Crippen LogP contribution is 2.10. The number of carbonyl (C=O) groups is 1. The summed E-state index contributed by atoms with van der Waals surface area (Å²) in [6.45, 7) is 4.16. The van der Waals surface area contributed by atoms with E-state index in [0.717, 1.165) is 5.56 Å². The maximum absolute atomic E-state index is 11.6. The van der Waals surface area contributed by atoms with E-state index in [9.17, 15) is 9.90 Å². The summed E-state index contributed by atoms with van der Waals surface area (Å²) in [6, 6.07) is 7.46. The number of benzene rings is 1. The van der Waals surface area contributed by atoms with Crippen molar-refractivity contribution in [3.63, 3.8) is 0 Å². The molecule has 0 bridgehead atoms. The van der Waals surface area contributed by atoms with Crippen LogP contribution in [-0.2, 0) is 11.2 Å². The Morgan fingerprint density at radius 3 is 2.50 bits per heavy atom. The average Bonchev–Trinajstić information content (AvgIpc) is 2.35. The van der Waals surface area contributed by atoms with Crippen LogP contribution in [0.5, 0.6) is 0 Å². The van der Waals surface area contributed by atoms with Gasteiger partial charge in [0.05, 0.1) is 6.10 Å². The fraction of sp³-hybridized carbons (Fsp3) is 0.500. The van der Waals surface area contributed by atoms with Crippen LogP contribution in [-0.4, -0.2) is 23.7 Å². The van der Waals surface area contributed by atoms with Crippen molar-refractivity contribution in [1.82, 2.24) is 5.32 Å². The minimum Gasteiger partial charge on any atom is -0.391 e. The van der Waals surface area contributed by atoms with Gasteiger partial charge in [-0.15, -0.1) is 0 Å². The lowest BCUT2D eigenvalue weighted by Gasteiger charge is -2.14. The van der Waals surface area contributed by atoms with E-state index >= 15 is 0 Å². The largest absolute Gasteiger partial charge is 0.391 e. The lowest BCUT2D eigenvalue weighted by atomic mass is 10.1. The summed E-state index contributed by atoms with van der Waals surface area (Å²) < 4.78 is 0. The van der Waals surface area contributed by atoms with E-state index < -0.39 is 6.10 Å². The number of amides is 1. The van der Waals surface area contributed by atoms with Crippen molar-refractivity contribution in [2.45, 2.75) is 32.8 Å². The molecule has 0 aromatic heterocycles. The third kappa shape index (κ3) is 5.52. The van der Waals surface area contributed by atoms with Crippen LogP contribution in [0, 0.1) is 5.92 Å². The highest BCUT2D eigenvalue weighted by atomic mass is 35.5. The van der Waals surface area contributed by atoms with Gasteiger partial charge in [0.15, 0.2) is 0 Å². The molecule has 0 aliphatic rings. The van der Waals surface area contributed by atoms with Crippen LogP contribution in [0.4, 0.5) is 0 Å². The minimum absolute atomic E-state index is 0.0374. The monoisotopic (exact) mass is 269 g/mol. The van der Waals surface area contributed by atoms with Crippen LogP contribution in [0.2, 0.25) is 5.02 Å². The molecular weight excluding hydrogens is 250 g/mol. The first kappa shape index (κ1) is 15.0. The second-order valence-electron chi connectivity index (χ2n) is 4.74. The number of rotatable bonds is 6. The summed E-state index contributed by atoms with van der Waals surface area (Å²) in [5.74, 6) is 0.117. The molecule has 0 aliphatic carbocycles. The van der Waals surface area contributed by atoms with Gasteiger partial charge in [0.2, 0.25) is 5.91 Å². The maximum atomic E-state index is 11.6. The van der Waals surface area contributed by atoms with Crippen molar-refractivity contribution in [2.24, 2.45) is 5.92 Å². The van der Waals surface area contributed by atoms with Gasteiger partial charge in [-0.1, -0.05) is 37.6 Å². The fourth-order valence-electron chi connectivity index (χ4n) is 1.45. The average molecular weight is 270 g/mol. The van der Waals surface area contributed by atoms with Gasteiger partial charge < -0.3 is 10.4 Å². The maximum Gasteiger partial charge on any atom is 0.220 e. The van der Waals surface area contributed by atoms with Crippen LogP contribution in [0.1, 0.15) is 25.8 Å². The first-order chi connectivity index (χ1) is 8.49. The fourth-order valence-corrected chi connectivity index (χ4v) is 1.58. The van der Waals surface area contributed by atoms with Crippen LogP contribution < -0.4 is 5.32 Å². The van der Waals surface area contributed by atoms with Crippen molar-refractivity contribution >= 4 is 17.5 Å². The Bertz CT molecular complexity index is 376. The van der Waals surface area contributed by atoms with Crippen LogP contribution in [0.25, 0.3) is 0 Å². The second kappa shape index (κ2) is 7.39. The molecule has 0 spiro atoms. The molecular formula is C14H20ClNO2. The van der Waals surface area contributed by atoms with Gasteiger partial charge in [0, 0.05) is 18.0 Å². The van der Waals surface area contributed by atoms with E-state index in [4.69, 9.17) is 11.6 Å². The number of aliphatic hydroxyl groups excluding tert-OH is 1. The Balaban J connectivity index is 2.27. The molecule has 1 atom stereocenters. The lowest BCUT2D eigenvalue weighted by molar-refractivity contribution is -0.121. The molecule has 2 N–H and O–H groups in total. The smallest absolute Gasteiger partial charge is 0.220 e. The molecule has 0 aliphatic heterocycles. The van der Waals surface area contributed by atoms with E-state index in [1.165, 1.54) is 0 Å². The molecule has 0 radical (unpaired) electrons. The first-order valence-corrected chi connectivity index (χ1v) is 6.56. The number of aliphatic hydroxyl groups is 1. The number of hydrogen-bond acceptors (Lipinski definition) is 2. The van der Waals surface area contributed by atoms with Crippen molar-refractivity contribution in [3.8, 4) is 0 Å². The van der Waals surface area contributed by atoms with Crippen molar-refractivity contribution < 1.29 is 9.90 Å². The molecule has 0 unspecified atom stereocenters. The van der Waals surface area contributed by atoms with E-state index in [0.29, 0.717) is 24.4 Å². The van der Waals surface area contributed by atoms with E-state index in [2.05, 4.69) is 5.32 Å². The van der Waals surface area contributed by atoms with E-state index in [-0.39, 0.29) is 11.8 Å². The Morgan fingerprint density at radius 1 is 1.33 bits per heavy atom. The number of aryl methyl sites for hydroxylation is 1. The topological polar surface area (TPSA) is 49.3 Å². The van der Waals surface area contributed by atoms with Gasteiger partial charge >= 0.3 is 0 Å². The van der Waals surface area contributed by atoms with Crippen LogP contribution in [0.3, 0.4) is 0 Å². The van der Waals surface area contributed by atoms with E-state index in [1.807, 2.05) is 38.1 Å². The molecule has 0 heterocycles. The normalized spacial score (nSPS) is 12.5. The second-order valence-corrected chi connectivity index (χ2v) is 5.18. The zero-order chi connectivity index (χ0) is 13.5. The van der Waals surface area contributed by atoms with Gasteiger partial charge in [-0.25, -0.2) is 0 Å². The summed E-state index contributed by atoms with van der Waals surface area (Å²) in [7, 11) is 0. The van der Waals surface area contributed by atoms with Gasteiger partial charge in [-0.05, 0) is 30.0 Å². The summed E-state index contributed by atoms with van der Waals surface area (Å²) >= 11 is 5.78. The summed E-state index contributed by atoms with van der Waals surface area (Å²) in [5.41, 5.74) is 1.08. The molecule has 0 saturated heterocycles. The van der Waals surface area contributed by atoms with Crippen molar-refractivity contribution in [3.05, 3.63) is 34.9 Å². The number of nitrogens with one attached hydrogen (secondary N) is 1. The predicted octanol–water partition coefficient (Wildman–Crippen LogP) is 2.41. The standard InChI is InChI=1S/C14H20ClNO2/c1-10(2)13(17)9-16-14(18)8-5-11-3-6-12(15)7-4-11/h3-4,6-7,10,13,17H,5,8-9H2,1-2H3,(H,16,18)/t13-/m1/s1. The number of carbonyl (C=O) groups excluding carboxylic acids is 1. The summed E-state index contributed by atoms with van der Waals surface area (Å²) in [5, 5.41) is 13.0. The van der Waals surface area contributed by atoms with Crippen LogP contribution >= 0.6 is 11.6 Å². The predicted molar refractivity (Wildman–Crippen MR) is 73.6 cm³/mol. The molecule has 4 heteroatoms. The van der Waals surface area contributed by atoms with Gasteiger partial charge in [-0.2, -0.15) is 0 Å². The lowest BCUT2D eigenvalue weighted by Crippen LogP contribution is -2.34. The van der Waals surface area contributed by atoms with E-state index in [1.54, 1.807) is 0 Å². The van der Waals surface area contributed by atoms with Crippen molar-refractivity contribution in [1.29, 1.82) is 0 Å². The third-order valence-corrected chi connectivity index (χ3v) is 3.08. The molecule has 3 nitrogen and oxygen atoms in total. The number of hydrogen-bond donors (Lipinski definition) is 2. The zero-order valence-electron chi connectivity index (χ0n) is 10.8. The zero-order valence-corrected chi connectivity index (χ0v) is 11.6.